The van der Waals surface area contributed by atoms with E-state index in [2.05, 4.69) is 33.9 Å². The first-order valence-electron chi connectivity index (χ1n) is 3.21. The van der Waals surface area contributed by atoms with Crippen molar-refractivity contribution in [3.05, 3.63) is 21.3 Å². The van der Waals surface area contributed by atoms with Gasteiger partial charge in [0.25, 0.3) is 0 Å². The Balaban J connectivity index is 2.50. The first-order valence-corrected chi connectivity index (χ1v) is 5.52. The van der Waals surface area contributed by atoms with Gasteiger partial charge in [0.2, 0.25) is 0 Å². The molecule has 0 aliphatic carbocycles. The molecule has 0 aromatic carbocycles. The first-order chi connectivity index (χ1) is 5.22. The third kappa shape index (κ3) is 3.11. The zero-order valence-corrected chi connectivity index (χ0v) is 9.34. The predicted molar refractivity (Wildman–Crippen MR) is 54.6 cm³/mol. The Labute approximate surface area is 84.1 Å². The molecule has 1 aromatic rings. The molecular formula is C7H9BrClNS. The number of hydrogen-bond donors (Lipinski definition) is 0. The van der Waals surface area contributed by atoms with Gasteiger partial charge in [-0.3, -0.25) is 4.90 Å². The average molecular weight is 255 g/mol. The highest BCUT2D eigenvalue weighted by Crippen LogP contribution is 2.22. The SMILES string of the molecule is CN(CBr)Cc1ccc(Cl)s1. The van der Waals surface area contributed by atoms with Crippen LogP contribution in [0.5, 0.6) is 0 Å². The van der Waals surface area contributed by atoms with Crippen molar-refractivity contribution in [2.24, 2.45) is 0 Å². The molecular weight excluding hydrogens is 246 g/mol. The number of nitrogens with zero attached hydrogens (tertiary/aromatic N) is 1. The average Bonchev–Trinajstić information content (AvgIpc) is 2.35. The summed E-state index contributed by atoms with van der Waals surface area (Å²) >= 11 is 10.8. The molecule has 0 saturated carbocycles. The topological polar surface area (TPSA) is 3.24 Å². The van der Waals surface area contributed by atoms with E-state index >= 15 is 0 Å². The van der Waals surface area contributed by atoms with Crippen LogP contribution in [0.2, 0.25) is 4.34 Å². The zero-order valence-electron chi connectivity index (χ0n) is 6.18. The molecule has 1 nitrogen and oxygen atoms in total. The van der Waals surface area contributed by atoms with E-state index < -0.39 is 0 Å². The van der Waals surface area contributed by atoms with E-state index in [0.717, 1.165) is 16.3 Å². The second-order valence-electron chi connectivity index (χ2n) is 2.34. The second kappa shape index (κ2) is 4.45. The molecule has 0 saturated heterocycles. The van der Waals surface area contributed by atoms with Crippen LogP contribution in [0.1, 0.15) is 4.88 Å². The number of rotatable bonds is 3. The molecule has 1 aromatic heterocycles. The summed E-state index contributed by atoms with van der Waals surface area (Å²) in [5, 5.41) is 0. The molecule has 11 heavy (non-hydrogen) atoms. The summed E-state index contributed by atoms with van der Waals surface area (Å²) in [5.41, 5.74) is 0.891. The van der Waals surface area contributed by atoms with Gasteiger partial charge in [0.15, 0.2) is 0 Å². The lowest BCUT2D eigenvalue weighted by Gasteiger charge is -2.09. The highest BCUT2D eigenvalue weighted by molar-refractivity contribution is 9.09. The monoisotopic (exact) mass is 253 g/mol. The van der Waals surface area contributed by atoms with Crippen LogP contribution in [-0.2, 0) is 6.54 Å². The quantitative estimate of drug-likeness (QED) is 0.591. The fraction of sp³-hybridized carbons (Fsp3) is 0.429. The molecule has 0 N–H and O–H groups in total. The van der Waals surface area contributed by atoms with Gasteiger partial charge in [0, 0.05) is 11.4 Å². The number of thiophene rings is 1. The van der Waals surface area contributed by atoms with Gasteiger partial charge in [-0.15, -0.1) is 11.3 Å². The van der Waals surface area contributed by atoms with E-state index in [4.69, 9.17) is 11.6 Å². The zero-order chi connectivity index (χ0) is 8.27. The largest absolute Gasteiger partial charge is 0.291 e. The fourth-order valence-electron chi connectivity index (χ4n) is 0.745. The highest BCUT2D eigenvalue weighted by atomic mass is 79.9. The normalized spacial score (nSPS) is 10.9. The maximum Gasteiger partial charge on any atom is 0.0931 e. The summed E-state index contributed by atoms with van der Waals surface area (Å²) in [5.74, 6) is 0. The predicted octanol–water partition coefficient (Wildman–Crippen LogP) is 3.19. The smallest absolute Gasteiger partial charge is 0.0931 e. The van der Waals surface area contributed by atoms with Gasteiger partial charge in [0.05, 0.1) is 9.79 Å². The molecule has 0 aliphatic heterocycles. The molecule has 1 heterocycles. The Hall–Kier alpha value is 0.430. The van der Waals surface area contributed by atoms with Crippen LogP contribution >= 0.6 is 38.9 Å². The van der Waals surface area contributed by atoms with Crippen molar-refractivity contribution in [3.63, 3.8) is 0 Å². The maximum absolute atomic E-state index is 5.78. The number of alkyl halides is 1. The van der Waals surface area contributed by atoms with Gasteiger partial charge in [-0.1, -0.05) is 27.5 Å². The van der Waals surface area contributed by atoms with Gasteiger partial charge in [-0.05, 0) is 19.2 Å². The van der Waals surface area contributed by atoms with Crippen molar-refractivity contribution in [3.8, 4) is 0 Å². The van der Waals surface area contributed by atoms with Crippen LogP contribution in [0.3, 0.4) is 0 Å². The van der Waals surface area contributed by atoms with Gasteiger partial charge < -0.3 is 0 Å². The molecule has 0 fully saturated rings. The lowest BCUT2D eigenvalue weighted by Crippen LogP contribution is -2.13. The fourth-order valence-corrected chi connectivity index (χ4v) is 2.09. The van der Waals surface area contributed by atoms with Crippen LogP contribution in [-0.4, -0.2) is 17.4 Å². The molecule has 1 rings (SSSR count). The summed E-state index contributed by atoms with van der Waals surface area (Å²) in [6, 6.07) is 4.00. The van der Waals surface area contributed by atoms with Crippen LogP contribution < -0.4 is 0 Å². The molecule has 0 aliphatic rings. The lowest BCUT2D eigenvalue weighted by molar-refractivity contribution is 0.394. The molecule has 0 bridgehead atoms. The van der Waals surface area contributed by atoms with E-state index in [9.17, 15) is 0 Å². The molecule has 0 radical (unpaired) electrons. The summed E-state index contributed by atoms with van der Waals surface area (Å²) in [7, 11) is 2.06. The first kappa shape index (κ1) is 9.52. The summed E-state index contributed by atoms with van der Waals surface area (Å²) in [6.45, 7) is 0.961. The Kier molecular flexibility index (Phi) is 3.85. The standard InChI is InChI=1S/C7H9BrClNS/c1-10(5-8)4-6-2-3-7(9)11-6/h2-3H,4-5H2,1H3. The number of hydrogen-bond acceptors (Lipinski definition) is 2. The van der Waals surface area contributed by atoms with E-state index in [0.29, 0.717) is 0 Å². The Bertz CT molecular complexity index is 226. The van der Waals surface area contributed by atoms with Crippen molar-refractivity contribution in [2.45, 2.75) is 6.54 Å². The van der Waals surface area contributed by atoms with Crippen molar-refractivity contribution < 1.29 is 0 Å². The molecule has 0 atom stereocenters. The third-order valence-electron chi connectivity index (χ3n) is 1.26. The van der Waals surface area contributed by atoms with Gasteiger partial charge in [0.1, 0.15) is 0 Å². The molecule has 4 heteroatoms. The molecule has 0 amide bonds. The van der Waals surface area contributed by atoms with Crippen molar-refractivity contribution in [2.75, 3.05) is 12.5 Å². The Morgan fingerprint density at radius 3 is 2.82 bits per heavy atom. The molecule has 62 valence electrons. The van der Waals surface area contributed by atoms with Crippen LogP contribution in [0, 0.1) is 0 Å². The van der Waals surface area contributed by atoms with Crippen LogP contribution in [0.25, 0.3) is 0 Å². The lowest BCUT2D eigenvalue weighted by atomic mass is 10.4. The van der Waals surface area contributed by atoms with E-state index in [1.54, 1.807) is 11.3 Å². The minimum Gasteiger partial charge on any atom is -0.291 e. The molecule has 0 spiro atoms. The minimum atomic E-state index is 0.864. The van der Waals surface area contributed by atoms with Gasteiger partial charge in [-0.25, -0.2) is 0 Å². The summed E-state index contributed by atoms with van der Waals surface area (Å²) in [6.07, 6.45) is 0. The Morgan fingerprint density at radius 1 is 1.64 bits per heavy atom. The van der Waals surface area contributed by atoms with Crippen LogP contribution in [0.15, 0.2) is 12.1 Å². The Morgan fingerprint density at radius 2 is 2.36 bits per heavy atom. The van der Waals surface area contributed by atoms with Crippen molar-refractivity contribution in [1.82, 2.24) is 4.90 Å². The van der Waals surface area contributed by atoms with E-state index in [1.807, 2.05) is 6.07 Å². The highest BCUT2D eigenvalue weighted by Gasteiger charge is 2.00. The number of halogens is 2. The second-order valence-corrected chi connectivity index (χ2v) is 4.64. The van der Waals surface area contributed by atoms with Gasteiger partial charge in [-0.2, -0.15) is 0 Å². The summed E-state index contributed by atoms with van der Waals surface area (Å²) in [4.78, 5) is 3.47. The molecule has 0 unspecified atom stereocenters. The van der Waals surface area contributed by atoms with Gasteiger partial charge >= 0.3 is 0 Å². The summed E-state index contributed by atoms with van der Waals surface area (Å²) < 4.78 is 0.864. The maximum atomic E-state index is 5.78. The van der Waals surface area contributed by atoms with Crippen LogP contribution in [0.4, 0.5) is 0 Å². The van der Waals surface area contributed by atoms with E-state index in [1.165, 1.54) is 4.88 Å². The van der Waals surface area contributed by atoms with E-state index in [-0.39, 0.29) is 0 Å². The van der Waals surface area contributed by atoms with Crippen molar-refractivity contribution in [1.29, 1.82) is 0 Å². The third-order valence-corrected chi connectivity index (χ3v) is 3.33. The minimum absolute atomic E-state index is 0.864. The van der Waals surface area contributed by atoms with Crippen molar-refractivity contribution >= 4 is 38.9 Å².